The molecule has 0 saturated carbocycles. The number of halogens is 1. The van der Waals surface area contributed by atoms with Crippen molar-refractivity contribution in [1.29, 1.82) is 0 Å². The van der Waals surface area contributed by atoms with Crippen LogP contribution in [0.15, 0.2) is 18.2 Å². The van der Waals surface area contributed by atoms with Crippen molar-refractivity contribution in [3.05, 3.63) is 29.6 Å². The molecule has 16 heavy (non-hydrogen) atoms. The molecule has 1 rings (SSSR count). The topological polar surface area (TPSA) is 55.1 Å². The van der Waals surface area contributed by atoms with Gasteiger partial charge in [0, 0.05) is 12.1 Å². The first-order valence-corrected chi connectivity index (χ1v) is 5.34. The SMILES string of the molecule is CC(C)CCNC(=O)c1ccc(N)c(F)c1. The lowest BCUT2D eigenvalue weighted by atomic mass is 10.1. The van der Waals surface area contributed by atoms with Crippen molar-refractivity contribution in [3.63, 3.8) is 0 Å². The zero-order valence-corrected chi connectivity index (χ0v) is 9.59. The summed E-state index contributed by atoms with van der Waals surface area (Å²) in [6.07, 6.45) is 0.906. The summed E-state index contributed by atoms with van der Waals surface area (Å²) in [4.78, 5) is 11.6. The minimum atomic E-state index is -0.559. The molecule has 0 aliphatic carbocycles. The number of amides is 1. The van der Waals surface area contributed by atoms with Gasteiger partial charge in [0.2, 0.25) is 0 Å². The maximum Gasteiger partial charge on any atom is 0.251 e. The molecule has 0 radical (unpaired) electrons. The largest absolute Gasteiger partial charge is 0.396 e. The molecule has 0 heterocycles. The van der Waals surface area contributed by atoms with Crippen LogP contribution in [0.5, 0.6) is 0 Å². The van der Waals surface area contributed by atoms with E-state index in [4.69, 9.17) is 5.73 Å². The van der Waals surface area contributed by atoms with E-state index in [1.165, 1.54) is 12.1 Å². The van der Waals surface area contributed by atoms with Crippen molar-refractivity contribution >= 4 is 11.6 Å². The number of carbonyl (C=O) groups is 1. The normalized spacial score (nSPS) is 10.5. The van der Waals surface area contributed by atoms with E-state index in [2.05, 4.69) is 19.2 Å². The summed E-state index contributed by atoms with van der Waals surface area (Å²) in [6, 6.07) is 4.07. The lowest BCUT2D eigenvalue weighted by Gasteiger charge is -2.07. The summed E-state index contributed by atoms with van der Waals surface area (Å²) in [6.45, 7) is 4.76. The lowest BCUT2D eigenvalue weighted by Crippen LogP contribution is -2.25. The first-order chi connectivity index (χ1) is 7.50. The van der Waals surface area contributed by atoms with Crippen LogP contribution in [0, 0.1) is 11.7 Å². The van der Waals surface area contributed by atoms with Gasteiger partial charge in [0.05, 0.1) is 5.69 Å². The van der Waals surface area contributed by atoms with Gasteiger partial charge in [-0.1, -0.05) is 13.8 Å². The fourth-order valence-electron chi connectivity index (χ4n) is 1.24. The third-order valence-corrected chi connectivity index (χ3v) is 2.27. The van der Waals surface area contributed by atoms with Gasteiger partial charge in [-0.15, -0.1) is 0 Å². The third-order valence-electron chi connectivity index (χ3n) is 2.27. The molecule has 0 saturated heterocycles. The minimum absolute atomic E-state index is 0.0544. The van der Waals surface area contributed by atoms with Gasteiger partial charge in [-0.25, -0.2) is 4.39 Å². The molecular formula is C12H17FN2O. The number of nitrogens with one attached hydrogen (secondary N) is 1. The number of benzene rings is 1. The molecule has 0 aromatic heterocycles. The first-order valence-electron chi connectivity index (χ1n) is 5.34. The van der Waals surface area contributed by atoms with Crippen molar-refractivity contribution < 1.29 is 9.18 Å². The predicted octanol–water partition coefficient (Wildman–Crippen LogP) is 2.18. The molecule has 0 bridgehead atoms. The standard InChI is InChI=1S/C12H17FN2O/c1-8(2)5-6-15-12(16)9-3-4-11(14)10(13)7-9/h3-4,7-8H,5-6,14H2,1-2H3,(H,15,16). The molecule has 0 aliphatic rings. The van der Waals surface area contributed by atoms with Gasteiger partial charge in [0.25, 0.3) is 5.91 Å². The van der Waals surface area contributed by atoms with Gasteiger partial charge in [-0.2, -0.15) is 0 Å². The Bertz CT molecular complexity index is 377. The Labute approximate surface area is 94.8 Å². The molecule has 0 aliphatic heterocycles. The number of anilines is 1. The average molecular weight is 224 g/mol. The Morgan fingerprint density at radius 1 is 1.50 bits per heavy atom. The number of carbonyl (C=O) groups excluding carboxylic acids is 1. The van der Waals surface area contributed by atoms with E-state index < -0.39 is 5.82 Å². The van der Waals surface area contributed by atoms with E-state index in [0.29, 0.717) is 18.0 Å². The van der Waals surface area contributed by atoms with Crippen molar-refractivity contribution in [1.82, 2.24) is 5.32 Å². The van der Waals surface area contributed by atoms with Crippen molar-refractivity contribution in [2.45, 2.75) is 20.3 Å². The van der Waals surface area contributed by atoms with Crippen LogP contribution in [-0.4, -0.2) is 12.5 Å². The molecular weight excluding hydrogens is 207 g/mol. The quantitative estimate of drug-likeness (QED) is 0.770. The highest BCUT2D eigenvalue weighted by Gasteiger charge is 2.07. The van der Waals surface area contributed by atoms with Crippen molar-refractivity contribution in [2.75, 3.05) is 12.3 Å². The molecule has 0 fully saturated rings. The molecule has 1 aromatic carbocycles. The molecule has 4 heteroatoms. The Hall–Kier alpha value is -1.58. The summed E-state index contributed by atoms with van der Waals surface area (Å²) in [7, 11) is 0. The number of nitrogens with two attached hydrogens (primary N) is 1. The Morgan fingerprint density at radius 2 is 2.19 bits per heavy atom. The minimum Gasteiger partial charge on any atom is -0.396 e. The third kappa shape index (κ3) is 3.53. The first kappa shape index (κ1) is 12.5. The van der Waals surface area contributed by atoms with Gasteiger partial charge < -0.3 is 11.1 Å². The van der Waals surface area contributed by atoms with E-state index in [1.807, 2.05) is 0 Å². The predicted molar refractivity (Wildman–Crippen MR) is 62.6 cm³/mol. The van der Waals surface area contributed by atoms with E-state index >= 15 is 0 Å². The van der Waals surface area contributed by atoms with Crippen molar-refractivity contribution in [2.24, 2.45) is 5.92 Å². The van der Waals surface area contributed by atoms with Gasteiger partial charge in [-0.05, 0) is 30.5 Å². The van der Waals surface area contributed by atoms with Crippen LogP contribution >= 0.6 is 0 Å². The number of hydrogen-bond donors (Lipinski definition) is 2. The van der Waals surface area contributed by atoms with Gasteiger partial charge in [0.15, 0.2) is 0 Å². The van der Waals surface area contributed by atoms with Crippen LogP contribution in [0.25, 0.3) is 0 Å². The van der Waals surface area contributed by atoms with Crippen LogP contribution < -0.4 is 11.1 Å². The highest BCUT2D eigenvalue weighted by Crippen LogP contribution is 2.11. The highest BCUT2D eigenvalue weighted by atomic mass is 19.1. The summed E-state index contributed by atoms with van der Waals surface area (Å²) in [5.41, 5.74) is 5.68. The lowest BCUT2D eigenvalue weighted by molar-refractivity contribution is 0.0951. The molecule has 0 unspecified atom stereocenters. The number of hydrogen-bond acceptors (Lipinski definition) is 2. The van der Waals surface area contributed by atoms with Crippen LogP contribution in [0.3, 0.4) is 0 Å². The van der Waals surface area contributed by atoms with Gasteiger partial charge in [-0.3, -0.25) is 4.79 Å². The van der Waals surface area contributed by atoms with E-state index in [9.17, 15) is 9.18 Å². The monoisotopic (exact) mass is 224 g/mol. The van der Waals surface area contributed by atoms with Crippen LogP contribution in [0.1, 0.15) is 30.6 Å². The van der Waals surface area contributed by atoms with Crippen LogP contribution in [-0.2, 0) is 0 Å². The molecule has 3 nitrogen and oxygen atoms in total. The molecule has 3 N–H and O–H groups in total. The maximum absolute atomic E-state index is 13.1. The van der Waals surface area contributed by atoms with Gasteiger partial charge >= 0.3 is 0 Å². The second-order valence-electron chi connectivity index (χ2n) is 4.17. The highest BCUT2D eigenvalue weighted by molar-refractivity contribution is 5.94. The number of nitrogen functional groups attached to an aromatic ring is 1. The van der Waals surface area contributed by atoms with E-state index in [0.717, 1.165) is 12.5 Å². The Morgan fingerprint density at radius 3 is 2.75 bits per heavy atom. The maximum atomic E-state index is 13.1. The smallest absolute Gasteiger partial charge is 0.251 e. The van der Waals surface area contributed by atoms with E-state index in [1.54, 1.807) is 0 Å². The molecule has 88 valence electrons. The molecule has 1 amide bonds. The zero-order chi connectivity index (χ0) is 12.1. The van der Waals surface area contributed by atoms with Crippen LogP contribution in [0.4, 0.5) is 10.1 Å². The second kappa shape index (κ2) is 5.49. The van der Waals surface area contributed by atoms with E-state index in [-0.39, 0.29) is 11.6 Å². The molecule has 0 atom stereocenters. The summed E-state index contributed by atoms with van der Waals surface area (Å²) < 4.78 is 13.1. The fourth-order valence-corrected chi connectivity index (χ4v) is 1.24. The second-order valence-corrected chi connectivity index (χ2v) is 4.17. The van der Waals surface area contributed by atoms with Gasteiger partial charge in [0.1, 0.15) is 5.82 Å². The fraction of sp³-hybridized carbons (Fsp3) is 0.417. The van der Waals surface area contributed by atoms with Crippen LogP contribution in [0.2, 0.25) is 0 Å². The summed E-state index contributed by atoms with van der Waals surface area (Å²) in [5, 5.41) is 2.73. The number of rotatable bonds is 4. The Kier molecular flexibility index (Phi) is 4.28. The zero-order valence-electron chi connectivity index (χ0n) is 9.59. The molecule has 1 aromatic rings. The summed E-state index contributed by atoms with van der Waals surface area (Å²) >= 11 is 0. The average Bonchev–Trinajstić information content (AvgIpc) is 2.21. The molecule has 0 spiro atoms. The summed E-state index contributed by atoms with van der Waals surface area (Å²) in [5.74, 6) is -0.292. The van der Waals surface area contributed by atoms with Crippen molar-refractivity contribution in [3.8, 4) is 0 Å². The Balaban J connectivity index is 2.56.